The van der Waals surface area contributed by atoms with E-state index in [0.717, 1.165) is 5.92 Å². The van der Waals surface area contributed by atoms with Gasteiger partial charge in [0.25, 0.3) is 0 Å². The minimum absolute atomic E-state index is 1.02. The monoisotopic (exact) mass is 198 g/mol. The highest BCUT2D eigenvalue weighted by Crippen LogP contribution is 2.18. The average Bonchev–Trinajstić information content (AvgIpc) is 2.25. The van der Waals surface area contributed by atoms with Crippen molar-refractivity contribution in [2.45, 2.75) is 39.0 Å². The van der Waals surface area contributed by atoms with Gasteiger partial charge in [0, 0.05) is 0 Å². The third-order valence-corrected chi connectivity index (χ3v) is 3.40. The normalized spacial score (nSPS) is 19.1. The maximum atomic E-state index is 3.42. The molecule has 0 saturated carbocycles. The largest absolute Gasteiger partial charge is 0.317 e. The van der Waals surface area contributed by atoms with Gasteiger partial charge in [-0.2, -0.15) is 0 Å². The molecule has 1 N–H and O–H groups in total. The number of nitrogens with one attached hydrogen (secondary N) is 1. The van der Waals surface area contributed by atoms with Gasteiger partial charge in [0.2, 0.25) is 0 Å². The lowest BCUT2D eigenvalue weighted by Gasteiger charge is -2.22. The van der Waals surface area contributed by atoms with E-state index >= 15 is 0 Å². The van der Waals surface area contributed by atoms with E-state index in [1.165, 1.54) is 58.3 Å². The van der Waals surface area contributed by atoms with Crippen LogP contribution in [0.25, 0.3) is 0 Å². The summed E-state index contributed by atoms with van der Waals surface area (Å²) in [6.45, 7) is 7.20. The van der Waals surface area contributed by atoms with Gasteiger partial charge in [0.05, 0.1) is 0 Å². The molecular formula is C12H26N2. The van der Waals surface area contributed by atoms with Gasteiger partial charge in [-0.15, -0.1) is 0 Å². The van der Waals surface area contributed by atoms with Crippen molar-refractivity contribution in [1.29, 1.82) is 0 Å². The molecule has 14 heavy (non-hydrogen) atoms. The van der Waals surface area contributed by atoms with Gasteiger partial charge in [-0.3, -0.25) is 0 Å². The molecule has 0 aromatic rings. The predicted molar refractivity (Wildman–Crippen MR) is 62.6 cm³/mol. The Morgan fingerprint density at radius 1 is 1.21 bits per heavy atom. The highest BCUT2D eigenvalue weighted by Gasteiger charge is 2.11. The van der Waals surface area contributed by atoms with Gasteiger partial charge in [-0.25, -0.2) is 0 Å². The summed E-state index contributed by atoms with van der Waals surface area (Å²) >= 11 is 0. The van der Waals surface area contributed by atoms with Crippen molar-refractivity contribution >= 4 is 0 Å². The van der Waals surface area contributed by atoms with Crippen molar-refractivity contribution in [3.05, 3.63) is 0 Å². The van der Waals surface area contributed by atoms with Crippen LogP contribution in [0.3, 0.4) is 0 Å². The van der Waals surface area contributed by atoms with E-state index in [1.807, 2.05) is 0 Å². The Kier molecular flexibility index (Phi) is 6.20. The van der Waals surface area contributed by atoms with Crippen molar-refractivity contribution in [1.82, 2.24) is 10.2 Å². The summed E-state index contributed by atoms with van der Waals surface area (Å²) in [5, 5.41) is 3.42. The molecule has 0 amide bonds. The van der Waals surface area contributed by atoms with E-state index in [2.05, 4.69) is 24.2 Å². The Bertz CT molecular complexity index is 130. The first-order chi connectivity index (χ1) is 6.83. The number of hydrogen-bond acceptors (Lipinski definition) is 2. The lowest BCUT2D eigenvalue weighted by molar-refractivity contribution is 0.312. The van der Waals surface area contributed by atoms with Gasteiger partial charge in [-0.05, 0) is 58.4 Å². The van der Waals surface area contributed by atoms with E-state index in [1.54, 1.807) is 0 Å². The maximum Gasteiger partial charge on any atom is -0.00219 e. The molecule has 84 valence electrons. The van der Waals surface area contributed by atoms with Crippen molar-refractivity contribution in [2.24, 2.45) is 5.92 Å². The molecule has 1 aliphatic heterocycles. The van der Waals surface area contributed by atoms with Crippen LogP contribution >= 0.6 is 0 Å². The van der Waals surface area contributed by atoms with E-state index in [-0.39, 0.29) is 0 Å². The predicted octanol–water partition coefficient (Wildman–Crippen LogP) is 2.11. The molecule has 0 radical (unpaired) electrons. The maximum absolute atomic E-state index is 3.42. The van der Waals surface area contributed by atoms with Crippen LogP contribution in [-0.4, -0.2) is 38.1 Å². The van der Waals surface area contributed by atoms with Crippen LogP contribution < -0.4 is 5.32 Å². The summed E-state index contributed by atoms with van der Waals surface area (Å²) in [5.41, 5.74) is 0. The Morgan fingerprint density at radius 3 is 2.57 bits per heavy atom. The second-order valence-electron chi connectivity index (χ2n) is 4.59. The molecule has 1 heterocycles. The quantitative estimate of drug-likeness (QED) is 0.658. The Balaban J connectivity index is 1.92. The van der Waals surface area contributed by atoms with Crippen LogP contribution in [0.4, 0.5) is 0 Å². The lowest BCUT2D eigenvalue weighted by atomic mass is 9.92. The van der Waals surface area contributed by atoms with Crippen molar-refractivity contribution in [3.8, 4) is 0 Å². The Labute approximate surface area is 89.1 Å². The number of hydrogen-bond donors (Lipinski definition) is 1. The number of nitrogens with zero attached hydrogens (tertiary/aromatic N) is 1. The van der Waals surface area contributed by atoms with Crippen molar-refractivity contribution in [3.63, 3.8) is 0 Å². The minimum Gasteiger partial charge on any atom is -0.317 e. The van der Waals surface area contributed by atoms with Crippen LogP contribution in [0.15, 0.2) is 0 Å². The molecule has 1 saturated heterocycles. The first kappa shape index (κ1) is 12.0. The average molecular weight is 198 g/mol. The van der Waals surface area contributed by atoms with E-state index in [0.29, 0.717) is 0 Å². The third kappa shape index (κ3) is 4.97. The third-order valence-electron chi connectivity index (χ3n) is 3.40. The van der Waals surface area contributed by atoms with Crippen LogP contribution in [-0.2, 0) is 0 Å². The van der Waals surface area contributed by atoms with E-state index in [9.17, 15) is 0 Å². The lowest BCUT2D eigenvalue weighted by Crippen LogP contribution is -2.27. The topological polar surface area (TPSA) is 15.3 Å². The molecule has 1 fully saturated rings. The molecule has 2 heteroatoms. The summed E-state index contributed by atoms with van der Waals surface area (Å²) in [4.78, 5) is 2.41. The minimum atomic E-state index is 1.02. The summed E-state index contributed by atoms with van der Waals surface area (Å²) in [6, 6.07) is 0. The Morgan fingerprint density at radius 2 is 1.93 bits per heavy atom. The van der Waals surface area contributed by atoms with Crippen LogP contribution in [0.2, 0.25) is 0 Å². The first-order valence-electron chi connectivity index (χ1n) is 6.22. The zero-order valence-corrected chi connectivity index (χ0v) is 9.89. The highest BCUT2D eigenvalue weighted by atomic mass is 15.1. The smallest absolute Gasteiger partial charge is 0.00219 e. The molecule has 1 rings (SSSR count). The van der Waals surface area contributed by atoms with Gasteiger partial charge in [0.15, 0.2) is 0 Å². The molecule has 0 atom stereocenters. The summed E-state index contributed by atoms with van der Waals surface area (Å²) < 4.78 is 0. The van der Waals surface area contributed by atoms with Gasteiger partial charge >= 0.3 is 0 Å². The molecule has 0 spiro atoms. The van der Waals surface area contributed by atoms with Crippen LogP contribution in [0.5, 0.6) is 0 Å². The second kappa shape index (κ2) is 7.24. The highest BCUT2D eigenvalue weighted by molar-refractivity contribution is 4.68. The molecule has 0 bridgehead atoms. The first-order valence-corrected chi connectivity index (χ1v) is 6.22. The zero-order chi connectivity index (χ0) is 10.2. The SMILES string of the molecule is CCN(C)CCCCC1CCNCC1. The van der Waals surface area contributed by atoms with Crippen LogP contribution in [0, 0.1) is 5.92 Å². The van der Waals surface area contributed by atoms with Gasteiger partial charge in [0.1, 0.15) is 0 Å². The number of piperidine rings is 1. The van der Waals surface area contributed by atoms with Crippen LogP contribution in [0.1, 0.15) is 39.0 Å². The standard InChI is InChI=1S/C12H26N2/c1-3-14(2)11-5-4-6-12-7-9-13-10-8-12/h12-13H,3-11H2,1-2H3. The molecular weight excluding hydrogens is 172 g/mol. The molecule has 1 aliphatic rings. The van der Waals surface area contributed by atoms with E-state index < -0.39 is 0 Å². The van der Waals surface area contributed by atoms with Gasteiger partial charge < -0.3 is 10.2 Å². The second-order valence-corrected chi connectivity index (χ2v) is 4.59. The molecule has 2 nitrogen and oxygen atoms in total. The fourth-order valence-electron chi connectivity index (χ4n) is 2.14. The molecule has 0 aliphatic carbocycles. The molecule has 0 unspecified atom stereocenters. The molecule has 0 aromatic heterocycles. The fraction of sp³-hybridized carbons (Fsp3) is 1.00. The number of unbranched alkanes of at least 4 members (excludes halogenated alkanes) is 1. The Hall–Kier alpha value is -0.0800. The molecule has 0 aromatic carbocycles. The van der Waals surface area contributed by atoms with Crippen molar-refractivity contribution < 1.29 is 0 Å². The van der Waals surface area contributed by atoms with Gasteiger partial charge in [-0.1, -0.05) is 19.8 Å². The number of rotatable bonds is 6. The summed E-state index contributed by atoms with van der Waals surface area (Å²) in [5.74, 6) is 1.02. The summed E-state index contributed by atoms with van der Waals surface area (Å²) in [6.07, 6.45) is 7.08. The van der Waals surface area contributed by atoms with E-state index in [4.69, 9.17) is 0 Å². The summed E-state index contributed by atoms with van der Waals surface area (Å²) in [7, 11) is 2.21. The fourth-order valence-corrected chi connectivity index (χ4v) is 2.14. The van der Waals surface area contributed by atoms with Crippen molar-refractivity contribution in [2.75, 3.05) is 33.2 Å². The zero-order valence-electron chi connectivity index (χ0n) is 9.89.